The van der Waals surface area contributed by atoms with Crippen molar-refractivity contribution in [2.24, 2.45) is 0 Å². The number of aryl methyl sites for hydroxylation is 1. The van der Waals surface area contributed by atoms with Gasteiger partial charge in [-0.3, -0.25) is 0 Å². The summed E-state index contributed by atoms with van der Waals surface area (Å²) in [4.78, 5) is 5.08. The number of halogens is 2. The van der Waals surface area contributed by atoms with Crippen LogP contribution in [0.1, 0.15) is 5.01 Å². The molecule has 1 aromatic carbocycles. The summed E-state index contributed by atoms with van der Waals surface area (Å²) in [5, 5.41) is 5.72. The van der Waals surface area contributed by atoms with Crippen LogP contribution < -0.4 is 5.73 Å². The topological polar surface area (TPSA) is 64.9 Å². The van der Waals surface area contributed by atoms with E-state index in [1.165, 1.54) is 11.3 Å². The number of anilines is 1. The van der Waals surface area contributed by atoms with Crippen LogP contribution >= 0.6 is 34.5 Å². The maximum atomic E-state index is 6.05. The van der Waals surface area contributed by atoms with Gasteiger partial charge in [0.25, 0.3) is 0 Å². The van der Waals surface area contributed by atoms with E-state index in [1.54, 1.807) is 18.3 Å². The van der Waals surface area contributed by atoms with Gasteiger partial charge in [0.2, 0.25) is 0 Å². The maximum Gasteiger partial charge on any atom is 0.188 e. The van der Waals surface area contributed by atoms with Crippen molar-refractivity contribution in [3.63, 3.8) is 0 Å². The molecule has 7 heteroatoms. The van der Waals surface area contributed by atoms with Gasteiger partial charge >= 0.3 is 0 Å². The third-order valence-corrected chi connectivity index (χ3v) is 4.42. The second kappa shape index (κ2) is 5.09. The van der Waals surface area contributed by atoms with Gasteiger partial charge < -0.3 is 10.3 Å². The average Bonchev–Trinajstić information content (AvgIpc) is 2.99. The fraction of sp³-hybridized carbons (Fsp3) is 0.0769. The number of nitrogens with two attached hydrogens (primary N) is 1. The van der Waals surface area contributed by atoms with Crippen LogP contribution in [0.5, 0.6) is 0 Å². The second-order valence-corrected chi connectivity index (χ2v) is 6.19. The first-order chi connectivity index (χ1) is 9.56. The van der Waals surface area contributed by atoms with Crippen LogP contribution in [0.4, 0.5) is 5.82 Å². The number of benzene rings is 1. The van der Waals surface area contributed by atoms with E-state index in [1.807, 2.05) is 13.0 Å². The Morgan fingerprint density at radius 3 is 2.70 bits per heavy atom. The zero-order chi connectivity index (χ0) is 14.3. The molecule has 20 heavy (non-hydrogen) atoms. The highest BCUT2D eigenvalue weighted by atomic mass is 35.5. The van der Waals surface area contributed by atoms with Crippen LogP contribution in [0.3, 0.4) is 0 Å². The van der Waals surface area contributed by atoms with Gasteiger partial charge in [-0.2, -0.15) is 0 Å². The Bertz CT molecular complexity index is 782. The molecule has 0 saturated heterocycles. The summed E-state index contributed by atoms with van der Waals surface area (Å²) in [5.74, 6) is 0.899. The quantitative estimate of drug-likeness (QED) is 0.744. The minimum absolute atomic E-state index is 0.310. The van der Waals surface area contributed by atoms with E-state index in [2.05, 4.69) is 10.1 Å². The van der Waals surface area contributed by atoms with Gasteiger partial charge in [0.05, 0.1) is 25.5 Å². The number of rotatable bonds is 2. The van der Waals surface area contributed by atoms with E-state index in [9.17, 15) is 0 Å². The molecule has 0 atom stereocenters. The number of aromatic nitrogens is 2. The van der Waals surface area contributed by atoms with Gasteiger partial charge in [0, 0.05) is 6.20 Å². The number of thiazole rings is 1. The highest BCUT2D eigenvalue weighted by Crippen LogP contribution is 2.40. The zero-order valence-corrected chi connectivity index (χ0v) is 12.7. The van der Waals surface area contributed by atoms with Crippen molar-refractivity contribution in [1.29, 1.82) is 0 Å². The van der Waals surface area contributed by atoms with Crippen LogP contribution in [0.15, 0.2) is 28.9 Å². The van der Waals surface area contributed by atoms with Crippen molar-refractivity contribution in [2.75, 3.05) is 5.73 Å². The van der Waals surface area contributed by atoms with E-state index >= 15 is 0 Å². The molecule has 0 unspecified atom stereocenters. The van der Waals surface area contributed by atoms with Crippen molar-refractivity contribution < 1.29 is 4.52 Å². The monoisotopic (exact) mass is 325 g/mol. The Hall–Kier alpha value is -1.56. The third-order valence-electron chi connectivity index (χ3n) is 2.77. The summed E-state index contributed by atoms with van der Waals surface area (Å²) in [6.45, 7) is 1.92. The van der Waals surface area contributed by atoms with E-state index in [4.69, 9.17) is 33.5 Å². The van der Waals surface area contributed by atoms with Crippen molar-refractivity contribution in [3.05, 3.63) is 39.4 Å². The predicted molar refractivity (Wildman–Crippen MR) is 82.2 cm³/mol. The molecule has 102 valence electrons. The van der Waals surface area contributed by atoms with E-state index in [0.717, 1.165) is 15.4 Å². The molecule has 3 rings (SSSR count). The van der Waals surface area contributed by atoms with Crippen molar-refractivity contribution >= 4 is 40.4 Å². The molecule has 4 nitrogen and oxygen atoms in total. The highest BCUT2D eigenvalue weighted by Gasteiger charge is 2.20. The summed E-state index contributed by atoms with van der Waals surface area (Å²) < 4.78 is 5.34. The number of hydrogen-bond acceptors (Lipinski definition) is 5. The highest BCUT2D eigenvalue weighted by molar-refractivity contribution is 7.15. The summed E-state index contributed by atoms with van der Waals surface area (Å²) in [6.07, 6.45) is 1.74. The Morgan fingerprint density at radius 2 is 2.05 bits per heavy atom. The number of nitrogen functional groups attached to an aromatic ring is 1. The minimum Gasteiger partial charge on any atom is -0.380 e. The molecule has 2 N–H and O–H groups in total. The van der Waals surface area contributed by atoms with Crippen LogP contribution in [0.2, 0.25) is 10.0 Å². The van der Waals surface area contributed by atoms with Gasteiger partial charge in [-0.05, 0) is 24.6 Å². The maximum absolute atomic E-state index is 6.05. The Kier molecular flexibility index (Phi) is 3.41. The Balaban J connectivity index is 2.18. The average molecular weight is 326 g/mol. The first-order valence-corrected chi connectivity index (χ1v) is 7.27. The molecule has 2 heterocycles. The molecule has 2 aromatic heterocycles. The molecule has 0 aliphatic rings. The molecule has 0 amide bonds. The van der Waals surface area contributed by atoms with Gasteiger partial charge in [0.1, 0.15) is 0 Å². The smallest absolute Gasteiger partial charge is 0.188 e. The standard InChI is InChI=1S/C13H9Cl2N3OS/c1-6-17-5-10(20-6)12-11(13(16)18-19-12)7-2-3-8(14)9(15)4-7/h2-5H,1H3,(H2,16,18). The first kappa shape index (κ1) is 13.4. The molecule has 0 bridgehead atoms. The third kappa shape index (κ3) is 2.28. The molecule has 0 spiro atoms. The molecule has 0 saturated carbocycles. The summed E-state index contributed by atoms with van der Waals surface area (Å²) in [7, 11) is 0. The number of nitrogens with zero attached hydrogens (tertiary/aromatic N) is 2. The zero-order valence-electron chi connectivity index (χ0n) is 10.4. The molecule has 0 aliphatic heterocycles. The van der Waals surface area contributed by atoms with Crippen LogP contribution in [0.25, 0.3) is 21.8 Å². The van der Waals surface area contributed by atoms with E-state index in [-0.39, 0.29) is 0 Å². The SMILES string of the molecule is Cc1ncc(-c2onc(N)c2-c2ccc(Cl)c(Cl)c2)s1. The lowest BCUT2D eigenvalue weighted by Gasteiger charge is -2.03. The summed E-state index contributed by atoms with van der Waals surface area (Å²) in [5.41, 5.74) is 7.41. The van der Waals surface area contributed by atoms with E-state index in [0.29, 0.717) is 27.2 Å². The van der Waals surface area contributed by atoms with Gasteiger partial charge in [-0.25, -0.2) is 4.98 Å². The lowest BCUT2D eigenvalue weighted by molar-refractivity contribution is 0.437. The van der Waals surface area contributed by atoms with E-state index < -0.39 is 0 Å². The molecule has 3 aromatic rings. The van der Waals surface area contributed by atoms with Crippen molar-refractivity contribution in [3.8, 4) is 21.8 Å². The second-order valence-electron chi connectivity index (χ2n) is 4.14. The summed E-state index contributed by atoms with van der Waals surface area (Å²) in [6, 6.07) is 5.28. The molecular weight excluding hydrogens is 317 g/mol. The van der Waals surface area contributed by atoms with Crippen LogP contribution in [-0.4, -0.2) is 10.1 Å². The lowest BCUT2D eigenvalue weighted by atomic mass is 10.1. The Labute approximate surface area is 129 Å². The van der Waals surface area contributed by atoms with Crippen LogP contribution in [-0.2, 0) is 0 Å². The van der Waals surface area contributed by atoms with Gasteiger partial charge in [0.15, 0.2) is 11.6 Å². The van der Waals surface area contributed by atoms with Gasteiger partial charge in [-0.15, -0.1) is 11.3 Å². The van der Waals surface area contributed by atoms with Crippen molar-refractivity contribution in [2.45, 2.75) is 6.92 Å². The number of hydrogen-bond donors (Lipinski definition) is 1. The largest absolute Gasteiger partial charge is 0.380 e. The minimum atomic E-state index is 0.310. The fourth-order valence-corrected chi connectivity index (χ4v) is 2.93. The molecular formula is C13H9Cl2N3OS. The normalized spacial score (nSPS) is 10.9. The first-order valence-electron chi connectivity index (χ1n) is 5.69. The fourth-order valence-electron chi connectivity index (χ4n) is 1.87. The Morgan fingerprint density at radius 1 is 1.25 bits per heavy atom. The van der Waals surface area contributed by atoms with Gasteiger partial charge in [-0.1, -0.05) is 34.4 Å². The van der Waals surface area contributed by atoms with Crippen molar-refractivity contribution in [1.82, 2.24) is 10.1 Å². The molecule has 0 radical (unpaired) electrons. The molecule has 0 fully saturated rings. The lowest BCUT2D eigenvalue weighted by Crippen LogP contribution is -1.88. The summed E-state index contributed by atoms with van der Waals surface area (Å²) >= 11 is 13.5. The van der Waals surface area contributed by atoms with Crippen LogP contribution in [0, 0.1) is 6.92 Å². The predicted octanol–water partition coefficient (Wildman–Crippen LogP) is 4.66. The molecule has 0 aliphatic carbocycles.